The van der Waals surface area contributed by atoms with E-state index in [9.17, 15) is 19.2 Å². The number of hydrogen-bond donors (Lipinski definition) is 3. The molecule has 0 unspecified atom stereocenters. The van der Waals surface area contributed by atoms with E-state index in [0.717, 1.165) is 11.1 Å². The van der Waals surface area contributed by atoms with Crippen LogP contribution in [0.2, 0.25) is 0 Å². The van der Waals surface area contributed by atoms with E-state index in [1.54, 1.807) is 4.90 Å². The zero-order valence-electron chi connectivity index (χ0n) is 22.9. The maximum absolute atomic E-state index is 13.2. The van der Waals surface area contributed by atoms with Gasteiger partial charge >= 0.3 is 5.97 Å². The number of carbonyl (C=O) groups excluding carboxylic acids is 4. The third-order valence-corrected chi connectivity index (χ3v) is 6.61. The molecule has 42 heavy (non-hydrogen) atoms. The highest BCUT2D eigenvalue weighted by Crippen LogP contribution is 2.22. The second-order valence-electron chi connectivity index (χ2n) is 9.67. The number of nitrogens with one attached hydrogen (secondary N) is 2. The lowest BCUT2D eigenvalue weighted by Gasteiger charge is -2.28. The summed E-state index contributed by atoms with van der Waals surface area (Å²) in [4.78, 5) is 51.4. The Hall–Kier alpha value is -5.09. The third-order valence-electron chi connectivity index (χ3n) is 6.61. The van der Waals surface area contributed by atoms with Gasteiger partial charge in [-0.3, -0.25) is 24.4 Å². The van der Waals surface area contributed by atoms with Gasteiger partial charge in [-0.05, 0) is 47.7 Å². The average molecular weight is 569 g/mol. The molecule has 0 radical (unpaired) electrons. The van der Waals surface area contributed by atoms with Crippen LogP contribution < -0.4 is 10.9 Å². The first-order valence-corrected chi connectivity index (χ1v) is 13.6. The highest BCUT2D eigenvalue weighted by atomic mass is 16.5. The molecule has 0 aromatic heterocycles. The number of ether oxygens (including phenoxy) is 1. The van der Waals surface area contributed by atoms with Gasteiger partial charge in [-0.1, -0.05) is 72.8 Å². The smallest absolute Gasteiger partial charge is 0.306 e. The Balaban J connectivity index is 1.43. The van der Waals surface area contributed by atoms with Crippen molar-refractivity contribution in [2.75, 3.05) is 6.54 Å². The van der Waals surface area contributed by atoms with Crippen LogP contribution in [0.15, 0.2) is 96.1 Å². The van der Waals surface area contributed by atoms with Gasteiger partial charge in [0.1, 0.15) is 6.10 Å². The number of esters is 1. The van der Waals surface area contributed by atoms with Crippen LogP contribution >= 0.6 is 0 Å². The fourth-order valence-electron chi connectivity index (χ4n) is 4.38. The van der Waals surface area contributed by atoms with E-state index in [1.807, 2.05) is 66.7 Å². The summed E-state index contributed by atoms with van der Waals surface area (Å²) in [5, 5.41) is 12.8. The number of hydrazone groups is 1. The van der Waals surface area contributed by atoms with Crippen molar-refractivity contribution in [3.05, 3.63) is 119 Å². The summed E-state index contributed by atoms with van der Waals surface area (Å²) in [5.41, 5.74) is 6.69. The third kappa shape index (κ3) is 8.70. The quantitative estimate of drug-likeness (QED) is 0.128. The van der Waals surface area contributed by atoms with Gasteiger partial charge in [0.15, 0.2) is 0 Å². The van der Waals surface area contributed by atoms with Gasteiger partial charge in [-0.2, -0.15) is 5.10 Å². The van der Waals surface area contributed by atoms with Crippen molar-refractivity contribution >= 4 is 29.9 Å². The van der Waals surface area contributed by atoms with Gasteiger partial charge in [0, 0.05) is 30.5 Å². The molecule has 1 heterocycles. The van der Waals surface area contributed by atoms with Crippen molar-refractivity contribution < 1.29 is 29.1 Å². The Kier molecular flexibility index (Phi) is 10.7. The van der Waals surface area contributed by atoms with Crippen molar-refractivity contribution in [1.82, 2.24) is 15.8 Å². The molecule has 3 N–H and O–H groups in total. The molecule has 1 aliphatic heterocycles. The molecule has 10 nitrogen and oxygen atoms in total. The largest absolute Gasteiger partial charge is 0.456 e. The van der Waals surface area contributed by atoms with Crippen molar-refractivity contribution in [1.29, 1.82) is 0 Å². The molecule has 3 aromatic rings. The van der Waals surface area contributed by atoms with Gasteiger partial charge in [0.2, 0.25) is 5.91 Å². The first-order chi connectivity index (χ1) is 20.4. The Labute approximate surface area is 243 Å². The monoisotopic (exact) mass is 568 g/mol. The van der Waals surface area contributed by atoms with Gasteiger partial charge in [0.25, 0.3) is 11.8 Å². The van der Waals surface area contributed by atoms with E-state index in [1.165, 1.54) is 36.0 Å². The van der Waals surface area contributed by atoms with Crippen LogP contribution in [0.1, 0.15) is 69.2 Å². The highest BCUT2D eigenvalue weighted by Gasteiger charge is 2.24. The van der Waals surface area contributed by atoms with Crippen LogP contribution in [-0.4, -0.2) is 46.6 Å². The summed E-state index contributed by atoms with van der Waals surface area (Å²) in [6.45, 7) is 0.560. The van der Waals surface area contributed by atoms with Gasteiger partial charge < -0.3 is 9.64 Å². The molecule has 3 aromatic carbocycles. The summed E-state index contributed by atoms with van der Waals surface area (Å²) in [6, 6.07) is 22.6. The summed E-state index contributed by atoms with van der Waals surface area (Å²) in [7, 11) is 0. The maximum atomic E-state index is 13.2. The molecule has 3 amide bonds. The molecule has 0 bridgehead atoms. The fourth-order valence-corrected chi connectivity index (χ4v) is 4.38. The van der Waals surface area contributed by atoms with Crippen molar-refractivity contribution in [2.24, 2.45) is 5.10 Å². The number of nitrogens with zero attached hydrogens (tertiary/aromatic N) is 2. The first-order valence-electron chi connectivity index (χ1n) is 13.6. The first kappa shape index (κ1) is 29.9. The van der Waals surface area contributed by atoms with Crippen LogP contribution in [-0.2, 0) is 20.9 Å². The number of amides is 3. The number of allylic oxidation sites excluding steroid dienone is 2. The normalized spacial score (nSPS) is 17.1. The topological polar surface area (TPSA) is 137 Å². The molecule has 1 atom stereocenters. The van der Waals surface area contributed by atoms with Gasteiger partial charge in [-0.15, -0.1) is 0 Å². The number of benzene rings is 3. The van der Waals surface area contributed by atoms with E-state index >= 15 is 0 Å². The molecule has 10 heteroatoms. The van der Waals surface area contributed by atoms with E-state index in [2.05, 4.69) is 10.5 Å². The summed E-state index contributed by atoms with van der Waals surface area (Å²) < 4.78 is 5.81. The summed E-state index contributed by atoms with van der Waals surface area (Å²) in [5.74, 6) is -1.59. The van der Waals surface area contributed by atoms with Crippen LogP contribution in [0.4, 0.5) is 0 Å². The van der Waals surface area contributed by atoms with Crippen molar-refractivity contribution in [2.45, 2.75) is 38.3 Å². The van der Waals surface area contributed by atoms with Gasteiger partial charge in [0.05, 0.1) is 12.8 Å². The molecule has 1 aliphatic rings. The van der Waals surface area contributed by atoms with Crippen LogP contribution in [0.5, 0.6) is 0 Å². The zero-order valence-corrected chi connectivity index (χ0v) is 22.9. The van der Waals surface area contributed by atoms with E-state index < -0.39 is 17.9 Å². The minimum atomic E-state index is -0.726. The second kappa shape index (κ2) is 15.1. The predicted octanol–water partition coefficient (Wildman–Crippen LogP) is 4.31. The molecule has 0 fully saturated rings. The lowest BCUT2D eigenvalue weighted by Crippen LogP contribution is -2.35. The number of rotatable bonds is 7. The average Bonchev–Trinajstić information content (AvgIpc) is 3.02. The molecule has 0 aliphatic carbocycles. The number of hydrogen-bond acceptors (Lipinski definition) is 7. The molecule has 0 saturated heterocycles. The standard InChI is InChI=1S/C32H32N4O6/c37-29-13-6-1-2-7-14-30(38)42-28(25-9-4-3-5-10-25)22-36(29)21-24-17-15-23(16-18-24)20-33-34-31(39)26-11-8-12-27(19-26)32(40)35-41/h1-5,8-12,15-20,28,41H,6-7,13-14,21-22H2,(H,34,39)(H,35,40)/b2-1+,33-20+/t28-/m0/s1. The molecule has 0 spiro atoms. The van der Waals surface area contributed by atoms with Crippen LogP contribution in [0.3, 0.4) is 0 Å². The lowest BCUT2D eigenvalue weighted by molar-refractivity contribution is -0.152. The number of hydroxylamine groups is 1. The van der Waals surface area contributed by atoms with Crippen LogP contribution in [0, 0.1) is 0 Å². The Bertz CT molecular complexity index is 1450. The van der Waals surface area contributed by atoms with Crippen LogP contribution in [0.25, 0.3) is 0 Å². The van der Waals surface area contributed by atoms with E-state index in [-0.39, 0.29) is 36.0 Å². The Morgan fingerprint density at radius 1 is 0.905 bits per heavy atom. The molecule has 216 valence electrons. The fraction of sp³-hybridized carbons (Fsp3) is 0.219. The van der Waals surface area contributed by atoms with Crippen molar-refractivity contribution in [3.63, 3.8) is 0 Å². The highest BCUT2D eigenvalue weighted by molar-refractivity contribution is 5.99. The second-order valence-corrected chi connectivity index (χ2v) is 9.67. The molecular weight excluding hydrogens is 536 g/mol. The lowest BCUT2D eigenvalue weighted by atomic mass is 10.1. The Morgan fingerprint density at radius 2 is 1.60 bits per heavy atom. The zero-order chi connectivity index (χ0) is 29.7. The van der Waals surface area contributed by atoms with E-state index in [0.29, 0.717) is 31.4 Å². The SMILES string of the molecule is O=C1CC/C=C/CCC(=O)N(Cc2ccc(/C=N/NC(=O)c3cccc(C(=O)NO)c3)cc2)C[C@@H](c2ccccc2)O1. The summed E-state index contributed by atoms with van der Waals surface area (Å²) >= 11 is 0. The Morgan fingerprint density at radius 3 is 2.31 bits per heavy atom. The molecular formula is C32H32N4O6. The van der Waals surface area contributed by atoms with E-state index in [4.69, 9.17) is 9.94 Å². The predicted molar refractivity (Wildman–Crippen MR) is 155 cm³/mol. The van der Waals surface area contributed by atoms with Crippen molar-refractivity contribution in [3.8, 4) is 0 Å². The minimum Gasteiger partial charge on any atom is -0.456 e. The minimum absolute atomic E-state index is 0.0360. The molecule has 0 saturated carbocycles. The molecule has 4 rings (SSSR count). The number of cyclic esters (lactones) is 1. The summed E-state index contributed by atoms with van der Waals surface area (Å²) in [6.07, 6.45) is 6.54. The maximum Gasteiger partial charge on any atom is 0.306 e. The number of carbonyl (C=O) groups is 4. The van der Waals surface area contributed by atoms with Gasteiger partial charge in [-0.25, -0.2) is 10.9 Å².